The number of nitrogens with zero attached hydrogens (tertiary/aromatic N) is 2. The van der Waals surface area contributed by atoms with Gasteiger partial charge in [-0.1, -0.05) is 12.1 Å². The molecule has 2 atom stereocenters. The van der Waals surface area contributed by atoms with Crippen LogP contribution in [0.3, 0.4) is 0 Å². The van der Waals surface area contributed by atoms with E-state index in [-0.39, 0.29) is 18.0 Å². The van der Waals surface area contributed by atoms with Gasteiger partial charge in [0.05, 0.1) is 11.6 Å². The summed E-state index contributed by atoms with van der Waals surface area (Å²) in [5.41, 5.74) is 1.48. The first-order chi connectivity index (χ1) is 11.5. The molecule has 24 heavy (non-hydrogen) atoms. The topological polar surface area (TPSA) is 85.2 Å². The number of urea groups is 1. The summed E-state index contributed by atoms with van der Waals surface area (Å²) in [7, 11) is 0. The van der Waals surface area contributed by atoms with Gasteiger partial charge in [-0.25, -0.2) is 4.79 Å². The Morgan fingerprint density at radius 1 is 1.33 bits per heavy atom. The Morgan fingerprint density at radius 2 is 2.04 bits per heavy atom. The number of benzene rings is 1. The number of carbonyl (C=O) groups excluding carboxylic acids is 2. The second kappa shape index (κ2) is 8.34. The average Bonchev–Trinajstić information content (AvgIpc) is 2.60. The largest absolute Gasteiger partial charge is 0.338 e. The van der Waals surface area contributed by atoms with E-state index in [4.69, 9.17) is 5.26 Å². The molecule has 1 saturated heterocycles. The first kappa shape index (κ1) is 17.8. The lowest BCUT2D eigenvalue weighted by molar-refractivity contribution is -0.136. The van der Waals surface area contributed by atoms with Gasteiger partial charge in [0.25, 0.3) is 0 Å². The normalized spacial score (nSPS) is 18.4. The highest BCUT2D eigenvalue weighted by atomic mass is 16.2. The molecule has 3 amide bonds. The van der Waals surface area contributed by atoms with Crippen LogP contribution in [-0.2, 0) is 11.3 Å². The lowest BCUT2D eigenvalue weighted by Gasteiger charge is -2.35. The highest BCUT2D eigenvalue weighted by Crippen LogP contribution is 2.17. The van der Waals surface area contributed by atoms with Crippen molar-refractivity contribution >= 4 is 11.9 Å². The Bertz CT molecular complexity index is 621. The fraction of sp³-hybridized carbons (Fsp3) is 0.500. The zero-order chi connectivity index (χ0) is 17.5. The van der Waals surface area contributed by atoms with Crippen molar-refractivity contribution in [2.24, 2.45) is 0 Å². The van der Waals surface area contributed by atoms with Crippen LogP contribution >= 0.6 is 0 Å². The maximum absolute atomic E-state index is 12.4. The molecule has 0 aliphatic carbocycles. The first-order valence-corrected chi connectivity index (χ1v) is 8.35. The van der Waals surface area contributed by atoms with E-state index in [9.17, 15) is 9.59 Å². The third kappa shape index (κ3) is 4.72. The molecule has 1 heterocycles. The summed E-state index contributed by atoms with van der Waals surface area (Å²) in [4.78, 5) is 26.3. The summed E-state index contributed by atoms with van der Waals surface area (Å²) in [6.07, 6.45) is 3.19. The zero-order valence-electron chi connectivity index (χ0n) is 14.2. The van der Waals surface area contributed by atoms with Gasteiger partial charge in [-0.3, -0.25) is 4.79 Å². The van der Waals surface area contributed by atoms with Gasteiger partial charge in [0.15, 0.2) is 0 Å². The molecule has 0 radical (unpaired) electrons. The van der Waals surface area contributed by atoms with Crippen molar-refractivity contribution in [2.75, 3.05) is 6.54 Å². The molecule has 1 aromatic rings. The molecule has 0 unspecified atom stereocenters. The van der Waals surface area contributed by atoms with Gasteiger partial charge in [0, 0.05) is 19.1 Å². The number of nitrogens with one attached hydrogen (secondary N) is 2. The lowest BCUT2D eigenvalue weighted by Crippen LogP contribution is -2.53. The average molecular weight is 328 g/mol. The molecule has 0 bridgehead atoms. The highest BCUT2D eigenvalue weighted by molar-refractivity contribution is 5.87. The van der Waals surface area contributed by atoms with E-state index < -0.39 is 6.04 Å². The molecule has 2 N–H and O–H groups in total. The molecule has 1 aliphatic heterocycles. The van der Waals surface area contributed by atoms with E-state index in [0.29, 0.717) is 12.1 Å². The van der Waals surface area contributed by atoms with Gasteiger partial charge in [0.1, 0.15) is 6.04 Å². The molecule has 0 aromatic heterocycles. The van der Waals surface area contributed by atoms with Crippen LogP contribution in [0.4, 0.5) is 4.79 Å². The molecular weight excluding hydrogens is 304 g/mol. The van der Waals surface area contributed by atoms with Crippen LogP contribution in [0.15, 0.2) is 24.3 Å². The zero-order valence-corrected chi connectivity index (χ0v) is 14.2. The number of hydrogen-bond acceptors (Lipinski definition) is 3. The molecule has 0 saturated carbocycles. The summed E-state index contributed by atoms with van der Waals surface area (Å²) in [5.74, 6) is -0.0317. The van der Waals surface area contributed by atoms with E-state index in [1.807, 2.05) is 4.90 Å². The standard InChI is InChI=1S/C18H24N4O2/c1-13-5-3-4-10-22(13)17(23)14(2)21-18(24)20-12-16-8-6-15(11-19)7-9-16/h6-9,13-14H,3-5,10,12H2,1-2H3,(H2,20,21,24)/t13-,14+/m1/s1. The van der Waals surface area contributed by atoms with Crippen LogP contribution < -0.4 is 10.6 Å². The van der Waals surface area contributed by atoms with Gasteiger partial charge in [-0.05, 0) is 50.8 Å². The molecule has 1 aromatic carbocycles. The number of nitriles is 1. The molecule has 2 rings (SSSR count). The summed E-state index contributed by atoms with van der Waals surface area (Å²) in [5, 5.41) is 14.2. The van der Waals surface area contributed by atoms with E-state index >= 15 is 0 Å². The maximum Gasteiger partial charge on any atom is 0.315 e. The minimum absolute atomic E-state index is 0.0317. The van der Waals surface area contributed by atoms with Crippen LogP contribution in [0.5, 0.6) is 0 Å². The Balaban J connectivity index is 1.80. The van der Waals surface area contributed by atoms with Gasteiger partial charge in [-0.15, -0.1) is 0 Å². The summed E-state index contributed by atoms with van der Waals surface area (Å²) < 4.78 is 0. The number of rotatable bonds is 4. The van der Waals surface area contributed by atoms with Crippen molar-refractivity contribution in [1.82, 2.24) is 15.5 Å². The summed E-state index contributed by atoms with van der Waals surface area (Å²) >= 11 is 0. The Morgan fingerprint density at radius 3 is 2.67 bits per heavy atom. The van der Waals surface area contributed by atoms with Crippen LogP contribution in [0, 0.1) is 11.3 Å². The smallest absolute Gasteiger partial charge is 0.315 e. The van der Waals surface area contributed by atoms with Crippen LogP contribution in [0.25, 0.3) is 0 Å². The van der Waals surface area contributed by atoms with E-state index in [2.05, 4.69) is 23.6 Å². The Kier molecular flexibility index (Phi) is 6.19. The van der Waals surface area contributed by atoms with Crippen molar-refractivity contribution in [3.05, 3.63) is 35.4 Å². The summed E-state index contributed by atoms with van der Waals surface area (Å²) in [6, 6.07) is 8.37. The fourth-order valence-corrected chi connectivity index (χ4v) is 2.86. The molecule has 128 valence electrons. The number of carbonyl (C=O) groups is 2. The van der Waals surface area contributed by atoms with Crippen molar-refractivity contribution in [3.63, 3.8) is 0 Å². The van der Waals surface area contributed by atoms with Gasteiger partial charge < -0.3 is 15.5 Å². The SMILES string of the molecule is C[C@H](NC(=O)NCc1ccc(C#N)cc1)C(=O)N1CCCC[C@H]1C. The van der Waals surface area contributed by atoms with Crippen molar-refractivity contribution in [3.8, 4) is 6.07 Å². The number of hydrogen-bond donors (Lipinski definition) is 2. The van der Waals surface area contributed by atoms with Crippen LogP contribution in [0.2, 0.25) is 0 Å². The minimum Gasteiger partial charge on any atom is -0.338 e. The van der Waals surface area contributed by atoms with Crippen LogP contribution in [-0.4, -0.2) is 35.5 Å². The van der Waals surface area contributed by atoms with Crippen molar-refractivity contribution < 1.29 is 9.59 Å². The molecule has 1 aliphatic rings. The van der Waals surface area contributed by atoms with E-state index in [1.165, 1.54) is 0 Å². The quantitative estimate of drug-likeness (QED) is 0.888. The molecule has 0 spiro atoms. The Labute approximate surface area is 142 Å². The maximum atomic E-state index is 12.4. The van der Waals surface area contributed by atoms with Gasteiger partial charge in [0.2, 0.25) is 5.91 Å². The minimum atomic E-state index is -0.550. The molecule has 6 nitrogen and oxygen atoms in total. The second-order valence-electron chi connectivity index (χ2n) is 6.23. The first-order valence-electron chi connectivity index (χ1n) is 8.35. The summed E-state index contributed by atoms with van der Waals surface area (Å²) in [6.45, 7) is 4.87. The Hall–Kier alpha value is -2.55. The highest BCUT2D eigenvalue weighted by Gasteiger charge is 2.27. The third-order valence-electron chi connectivity index (χ3n) is 4.34. The number of likely N-dealkylation sites (tertiary alicyclic amines) is 1. The predicted molar refractivity (Wildman–Crippen MR) is 91.0 cm³/mol. The van der Waals surface area contributed by atoms with Crippen molar-refractivity contribution in [2.45, 2.75) is 51.7 Å². The van der Waals surface area contributed by atoms with E-state index in [1.54, 1.807) is 31.2 Å². The molecule has 1 fully saturated rings. The van der Waals surface area contributed by atoms with Crippen molar-refractivity contribution in [1.29, 1.82) is 5.26 Å². The number of piperidine rings is 1. The third-order valence-corrected chi connectivity index (χ3v) is 4.34. The van der Waals surface area contributed by atoms with Gasteiger partial charge >= 0.3 is 6.03 Å². The van der Waals surface area contributed by atoms with E-state index in [0.717, 1.165) is 31.4 Å². The van der Waals surface area contributed by atoms with Crippen LogP contribution in [0.1, 0.15) is 44.2 Å². The monoisotopic (exact) mass is 328 g/mol. The predicted octanol–water partition coefficient (Wildman–Crippen LogP) is 2.15. The second-order valence-corrected chi connectivity index (χ2v) is 6.23. The molecular formula is C18H24N4O2. The number of amides is 3. The molecule has 6 heteroatoms. The fourth-order valence-electron chi connectivity index (χ4n) is 2.86. The van der Waals surface area contributed by atoms with Gasteiger partial charge in [-0.2, -0.15) is 5.26 Å². The lowest BCUT2D eigenvalue weighted by atomic mass is 10.0.